The van der Waals surface area contributed by atoms with Gasteiger partial charge in [0.15, 0.2) is 6.29 Å². The third kappa shape index (κ3) is 4.13. The van der Waals surface area contributed by atoms with Gasteiger partial charge in [-0.05, 0) is 40.3 Å². The van der Waals surface area contributed by atoms with Crippen molar-refractivity contribution >= 4 is 22.6 Å². The smallest absolute Gasteiger partial charge is 0.186 e. The van der Waals surface area contributed by atoms with E-state index in [4.69, 9.17) is 14.2 Å². The minimum Gasteiger partial charge on any atom is -0.394 e. The topological polar surface area (TPSA) is 88.4 Å². The van der Waals surface area contributed by atoms with Crippen LogP contribution in [0, 0.1) is 3.57 Å². The van der Waals surface area contributed by atoms with Gasteiger partial charge in [-0.15, -0.1) is 0 Å². The highest BCUT2D eigenvalue weighted by Gasteiger charge is 2.45. The summed E-state index contributed by atoms with van der Waals surface area (Å²) in [7, 11) is 1.39. The van der Waals surface area contributed by atoms with Gasteiger partial charge in [0.2, 0.25) is 0 Å². The van der Waals surface area contributed by atoms with Crippen LogP contribution in [0.15, 0.2) is 24.3 Å². The molecule has 1 heterocycles. The van der Waals surface area contributed by atoms with Gasteiger partial charge >= 0.3 is 0 Å². The lowest BCUT2D eigenvalue weighted by Crippen LogP contribution is -2.59. The van der Waals surface area contributed by atoms with Gasteiger partial charge < -0.3 is 29.5 Å². The van der Waals surface area contributed by atoms with Crippen LogP contribution in [-0.2, 0) is 20.8 Å². The first-order valence-corrected chi connectivity index (χ1v) is 7.66. The molecule has 0 spiro atoms. The number of ether oxygens (including phenoxy) is 3. The van der Waals surface area contributed by atoms with Crippen molar-refractivity contribution in [1.29, 1.82) is 0 Å². The Morgan fingerprint density at radius 2 is 1.86 bits per heavy atom. The van der Waals surface area contributed by atoms with Crippen LogP contribution in [0.2, 0.25) is 0 Å². The Labute approximate surface area is 136 Å². The van der Waals surface area contributed by atoms with Gasteiger partial charge in [0.25, 0.3) is 0 Å². The number of methoxy groups -OCH3 is 1. The summed E-state index contributed by atoms with van der Waals surface area (Å²) in [4.78, 5) is 0. The van der Waals surface area contributed by atoms with Gasteiger partial charge in [-0.3, -0.25) is 0 Å². The monoisotopic (exact) mass is 410 g/mol. The maximum absolute atomic E-state index is 10.1. The Bertz CT molecular complexity index is 424. The second-order valence-corrected chi connectivity index (χ2v) is 6.09. The quantitative estimate of drug-likeness (QED) is 0.604. The van der Waals surface area contributed by atoms with Gasteiger partial charge in [0.1, 0.15) is 24.4 Å². The molecule has 0 radical (unpaired) electrons. The van der Waals surface area contributed by atoms with E-state index in [2.05, 4.69) is 22.6 Å². The van der Waals surface area contributed by atoms with Crippen molar-refractivity contribution in [2.75, 3.05) is 13.7 Å². The van der Waals surface area contributed by atoms with E-state index in [1.54, 1.807) is 0 Å². The zero-order valence-electron chi connectivity index (χ0n) is 11.6. The second kappa shape index (κ2) is 7.82. The fraction of sp³-hybridized carbons (Fsp3) is 0.571. The molecule has 6 nitrogen and oxygen atoms in total. The molecule has 0 bridgehead atoms. The Hall–Kier alpha value is -0.290. The Balaban J connectivity index is 2.02. The fourth-order valence-electron chi connectivity index (χ4n) is 2.22. The first kappa shape index (κ1) is 17.1. The van der Waals surface area contributed by atoms with Crippen LogP contribution in [0.4, 0.5) is 0 Å². The highest BCUT2D eigenvalue weighted by Crippen LogP contribution is 2.24. The summed E-state index contributed by atoms with van der Waals surface area (Å²) in [5.41, 5.74) is 0.927. The van der Waals surface area contributed by atoms with E-state index in [0.717, 1.165) is 9.13 Å². The number of hydrogen-bond donors (Lipinski definition) is 3. The Morgan fingerprint density at radius 3 is 2.43 bits per heavy atom. The molecule has 0 saturated carbocycles. The van der Waals surface area contributed by atoms with Crippen molar-refractivity contribution < 1.29 is 29.5 Å². The van der Waals surface area contributed by atoms with Crippen molar-refractivity contribution in [2.45, 2.75) is 37.3 Å². The average molecular weight is 410 g/mol. The van der Waals surface area contributed by atoms with E-state index in [9.17, 15) is 15.3 Å². The van der Waals surface area contributed by atoms with Gasteiger partial charge in [0.05, 0.1) is 13.2 Å². The predicted molar refractivity (Wildman–Crippen MR) is 82.5 cm³/mol. The maximum Gasteiger partial charge on any atom is 0.186 e. The molecular weight excluding hydrogens is 391 g/mol. The van der Waals surface area contributed by atoms with Crippen molar-refractivity contribution in [2.24, 2.45) is 0 Å². The summed E-state index contributed by atoms with van der Waals surface area (Å²) >= 11 is 2.21. The zero-order chi connectivity index (χ0) is 15.4. The van der Waals surface area contributed by atoms with E-state index in [1.807, 2.05) is 24.3 Å². The third-order valence-corrected chi connectivity index (χ3v) is 4.13. The largest absolute Gasteiger partial charge is 0.394 e. The van der Waals surface area contributed by atoms with E-state index < -0.39 is 30.7 Å². The highest BCUT2D eigenvalue weighted by atomic mass is 127. The molecule has 1 aliphatic heterocycles. The first-order chi connectivity index (χ1) is 10.1. The molecule has 118 valence electrons. The molecule has 0 amide bonds. The summed E-state index contributed by atoms with van der Waals surface area (Å²) in [6, 6.07) is 7.73. The number of rotatable bonds is 5. The molecule has 5 atom stereocenters. The molecule has 3 N–H and O–H groups in total. The Kier molecular flexibility index (Phi) is 6.35. The van der Waals surface area contributed by atoms with Crippen molar-refractivity contribution in [1.82, 2.24) is 0 Å². The third-order valence-electron chi connectivity index (χ3n) is 3.41. The molecule has 0 aliphatic carbocycles. The fourth-order valence-corrected chi connectivity index (χ4v) is 2.58. The van der Waals surface area contributed by atoms with Crippen LogP contribution >= 0.6 is 22.6 Å². The van der Waals surface area contributed by atoms with Gasteiger partial charge in [-0.25, -0.2) is 0 Å². The standard InChI is InChI=1S/C14H19IO6/c1-19-14-12(18)13(11(17)10(6-16)21-14)20-7-8-2-4-9(15)5-3-8/h2-5,10-14,16-18H,6-7H2,1H3/t10-,11+,12-,13+,14-/m1/s1. The molecular formula is C14H19IO6. The number of halogens is 1. The summed E-state index contributed by atoms with van der Waals surface area (Å²) < 4.78 is 17.0. The molecule has 1 fully saturated rings. The molecule has 0 unspecified atom stereocenters. The molecule has 2 rings (SSSR count). The van der Waals surface area contributed by atoms with E-state index in [0.29, 0.717) is 0 Å². The first-order valence-electron chi connectivity index (χ1n) is 6.58. The summed E-state index contributed by atoms with van der Waals surface area (Å²) in [5, 5.41) is 29.4. The van der Waals surface area contributed by atoms with Crippen molar-refractivity contribution in [3.05, 3.63) is 33.4 Å². The van der Waals surface area contributed by atoms with Gasteiger partial charge in [-0.2, -0.15) is 0 Å². The zero-order valence-corrected chi connectivity index (χ0v) is 13.7. The van der Waals surface area contributed by atoms with Crippen LogP contribution in [0.3, 0.4) is 0 Å². The lowest BCUT2D eigenvalue weighted by atomic mass is 9.99. The minimum atomic E-state index is -1.13. The van der Waals surface area contributed by atoms with Gasteiger partial charge in [-0.1, -0.05) is 12.1 Å². The van der Waals surface area contributed by atoms with E-state index >= 15 is 0 Å². The lowest BCUT2D eigenvalue weighted by Gasteiger charge is -2.41. The van der Waals surface area contributed by atoms with Gasteiger partial charge in [0, 0.05) is 10.7 Å². The van der Waals surface area contributed by atoms with Crippen LogP contribution < -0.4 is 0 Å². The number of aliphatic hydroxyl groups excluding tert-OH is 3. The highest BCUT2D eigenvalue weighted by molar-refractivity contribution is 14.1. The maximum atomic E-state index is 10.1. The molecule has 1 saturated heterocycles. The summed E-state index contributed by atoms with van der Waals surface area (Å²) in [6.45, 7) is -0.137. The summed E-state index contributed by atoms with van der Waals surface area (Å²) in [6.07, 6.45) is -4.93. The van der Waals surface area contributed by atoms with Crippen LogP contribution in [0.5, 0.6) is 0 Å². The number of aliphatic hydroxyl groups is 3. The molecule has 7 heteroatoms. The molecule has 21 heavy (non-hydrogen) atoms. The molecule has 1 aromatic carbocycles. The van der Waals surface area contributed by atoms with Crippen LogP contribution in [-0.4, -0.2) is 59.7 Å². The van der Waals surface area contributed by atoms with Crippen molar-refractivity contribution in [3.63, 3.8) is 0 Å². The normalized spacial score (nSPS) is 33.1. The Morgan fingerprint density at radius 1 is 1.19 bits per heavy atom. The van der Waals surface area contributed by atoms with E-state index in [1.165, 1.54) is 7.11 Å². The molecule has 0 aromatic heterocycles. The van der Waals surface area contributed by atoms with E-state index in [-0.39, 0.29) is 13.2 Å². The van der Waals surface area contributed by atoms with Crippen LogP contribution in [0.1, 0.15) is 5.56 Å². The average Bonchev–Trinajstić information content (AvgIpc) is 2.49. The molecule has 1 aromatic rings. The molecule has 1 aliphatic rings. The number of hydrogen-bond acceptors (Lipinski definition) is 6. The lowest BCUT2D eigenvalue weighted by molar-refractivity contribution is -0.303. The van der Waals surface area contributed by atoms with Crippen molar-refractivity contribution in [3.8, 4) is 0 Å². The van der Waals surface area contributed by atoms with Crippen LogP contribution in [0.25, 0.3) is 0 Å². The number of benzene rings is 1. The minimum absolute atomic E-state index is 0.240. The predicted octanol–water partition coefficient (Wildman–Crippen LogP) is 0.262. The SMILES string of the molecule is CO[C@@H]1O[C@H](CO)[C@H](O)[C@H](OCc2ccc(I)cc2)[C@H]1O. The second-order valence-electron chi connectivity index (χ2n) is 4.84. The summed E-state index contributed by atoms with van der Waals surface area (Å²) in [5.74, 6) is 0.